The number of nitrogens with zero attached hydrogens (tertiary/aromatic N) is 1. The van der Waals surface area contributed by atoms with Crippen LogP contribution in [0.25, 0.3) is 0 Å². The van der Waals surface area contributed by atoms with Crippen molar-refractivity contribution in [3.05, 3.63) is 0 Å². The molecule has 1 saturated heterocycles. The smallest absolute Gasteiger partial charge is 0.240 e. The van der Waals surface area contributed by atoms with Gasteiger partial charge in [-0.05, 0) is 12.8 Å². The number of terminal acetylenes is 1. The van der Waals surface area contributed by atoms with Crippen LogP contribution in [0, 0.1) is 12.3 Å². The second kappa shape index (κ2) is 4.99. The van der Waals surface area contributed by atoms with E-state index in [4.69, 9.17) is 12.2 Å². The Morgan fingerprint density at radius 3 is 3.07 bits per heavy atom. The minimum atomic E-state index is -0.620. The Bertz CT molecular complexity index is 247. The molecule has 0 radical (unpaired) electrons. The molecule has 3 N–H and O–H groups in total. The lowest BCUT2D eigenvalue weighted by molar-refractivity contribution is -0.135. The van der Waals surface area contributed by atoms with Gasteiger partial charge < -0.3 is 15.7 Å². The van der Waals surface area contributed by atoms with E-state index < -0.39 is 12.1 Å². The van der Waals surface area contributed by atoms with Gasteiger partial charge in [0.05, 0.1) is 12.1 Å². The van der Waals surface area contributed by atoms with E-state index in [9.17, 15) is 9.90 Å². The molecule has 0 spiro atoms. The van der Waals surface area contributed by atoms with Crippen molar-refractivity contribution in [2.75, 3.05) is 13.1 Å². The monoisotopic (exact) mass is 196 g/mol. The van der Waals surface area contributed by atoms with Gasteiger partial charge >= 0.3 is 0 Å². The molecule has 14 heavy (non-hydrogen) atoms. The van der Waals surface area contributed by atoms with Crippen LogP contribution in [0.4, 0.5) is 0 Å². The highest BCUT2D eigenvalue weighted by atomic mass is 16.3. The summed E-state index contributed by atoms with van der Waals surface area (Å²) in [4.78, 5) is 13.2. The molecule has 0 aromatic heterocycles. The Balaban J connectivity index is 2.47. The molecule has 0 bridgehead atoms. The number of nitrogens with two attached hydrogens (primary N) is 1. The van der Waals surface area contributed by atoms with Crippen LogP contribution in [0.1, 0.15) is 19.3 Å². The van der Waals surface area contributed by atoms with Crippen LogP contribution in [-0.4, -0.2) is 41.1 Å². The number of carbonyl (C=O) groups is 1. The topological polar surface area (TPSA) is 66.6 Å². The molecule has 1 aliphatic rings. The molecule has 0 aromatic carbocycles. The molecule has 4 heteroatoms. The summed E-state index contributed by atoms with van der Waals surface area (Å²) >= 11 is 0. The van der Waals surface area contributed by atoms with Gasteiger partial charge in [-0.2, -0.15) is 0 Å². The fourth-order valence-corrected chi connectivity index (χ4v) is 1.60. The maximum absolute atomic E-state index is 11.6. The van der Waals surface area contributed by atoms with Crippen LogP contribution in [-0.2, 0) is 4.79 Å². The first-order chi connectivity index (χ1) is 6.65. The van der Waals surface area contributed by atoms with E-state index in [-0.39, 0.29) is 12.3 Å². The van der Waals surface area contributed by atoms with E-state index in [2.05, 4.69) is 5.92 Å². The summed E-state index contributed by atoms with van der Waals surface area (Å²) < 4.78 is 0. The lowest BCUT2D eigenvalue weighted by atomic mass is 10.1. The van der Waals surface area contributed by atoms with Crippen LogP contribution in [0.15, 0.2) is 0 Å². The molecule has 1 aliphatic heterocycles. The van der Waals surface area contributed by atoms with Gasteiger partial charge in [-0.25, -0.2) is 0 Å². The minimum Gasteiger partial charge on any atom is -0.391 e. The maximum atomic E-state index is 11.6. The van der Waals surface area contributed by atoms with Gasteiger partial charge in [-0.1, -0.05) is 0 Å². The predicted octanol–water partition coefficient (Wildman–Crippen LogP) is -0.680. The molecule has 0 aliphatic carbocycles. The van der Waals surface area contributed by atoms with Crippen molar-refractivity contribution >= 4 is 5.91 Å². The van der Waals surface area contributed by atoms with Gasteiger partial charge in [0.2, 0.25) is 5.91 Å². The summed E-state index contributed by atoms with van der Waals surface area (Å²) in [6, 6.07) is -0.620. The maximum Gasteiger partial charge on any atom is 0.240 e. The Labute approximate surface area is 84.1 Å². The molecule has 1 amide bonds. The molecule has 1 heterocycles. The quantitative estimate of drug-likeness (QED) is 0.575. The molecule has 0 aromatic rings. The van der Waals surface area contributed by atoms with Crippen molar-refractivity contribution in [2.24, 2.45) is 5.73 Å². The lowest BCUT2D eigenvalue weighted by Gasteiger charge is -2.31. The van der Waals surface area contributed by atoms with E-state index in [0.717, 1.165) is 12.8 Å². The Hall–Kier alpha value is -1.05. The van der Waals surface area contributed by atoms with Crippen LogP contribution in [0.2, 0.25) is 0 Å². The van der Waals surface area contributed by atoms with Crippen molar-refractivity contribution in [3.8, 4) is 12.3 Å². The van der Waals surface area contributed by atoms with Gasteiger partial charge in [0, 0.05) is 19.5 Å². The molecule has 0 saturated carbocycles. The van der Waals surface area contributed by atoms with Crippen LogP contribution in [0.3, 0.4) is 0 Å². The van der Waals surface area contributed by atoms with E-state index in [1.54, 1.807) is 4.90 Å². The summed E-state index contributed by atoms with van der Waals surface area (Å²) in [6.07, 6.45) is 6.51. The minimum absolute atomic E-state index is 0.151. The Morgan fingerprint density at radius 2 is 2.50 bits per heavy atom. The van der Waals surface area contributed by atoms with Gasteiger partial charge in [0.25, 0.3) is 0 Å². The van der Waals surface area contributed by atoms with E-state index in [1.165, 1.54) is 0 Å². The number of aliphatic hydroxyl groups is 1. The molecule has 2 atom stereocenters. The van der Waals surface area contributed by atoms with Gasteiger partial charge in [0.15, 0.2) is 0 Å². The van der Waals surface area contributed by atoms with Crippen molar-refractivity contribution in [1.29, 1.82) is 0 Å². The zero-order valence-corrected chi connectivity index (χ0v) is 8.15. The van der Waals surface area contributed by atoms with Crippen LogP contribution in [0.5, 0.6) is 0 Å². The number of amides is 1. The van der Waals surface area contributed by atoms with Crippen LogP contribution < -0.4 is 5.73 Å². The summed E-state index contributed by atoms with van der Waals surface area (Å²) in [5.74, 6) is 2.21. The first-order valence-electron chi connectivity index (χ1n) is 4.81. The number of piperidine rings is 1. The average Bonchev–Trinajstić information content (AvgIpc) is 2.17. The number of rotatable bonds is 2. The molecular formula is C10H16N2O2. The number of β-amino-alcohol motifs (C(OH)–C–C–N with tert-alkyl or cyclic N) is 1. The highest BCUT2D eigenvalue weighted by Gasteiger charge is 2.25. The molecule has 1 rings (SSSR count). The zero-order valence-electron chi connectivity index (χ0n) is 8.15. The zero-order chi connectivity index (χ0) is 10.6. The number of hydrogen-bond acceptors (Lipinski definition) is 3. The Kier molecular flexibility index (Phi) is 3.93. The largest absolute Gasteiger partial charge is 0.391 e. The third kappa shape index (κ3) is 2.72. The second-order valence-corrected chi connectivity index (χ2v) is 3.60. The Morgan fingerprint density at radius 1 is 1.79 bits per heavy atom. The molecular weight excluding hydrogens is 180 g/mol. The summed E-state index contributed by atoms with van der Waals surface area (Å²) in [6.45, 7) is 1.06. The number of hydrogen-bond donors (Lipinski definition) is 2. The van der Waals surface area contributed by atoms with E-state index in [0.29, 0.717) is 13.1 Å². The highest BCUT2D eigenvalue weighted by Crippen LogP contribution is 2.11. The van der Waals surface area contributed by atoms with Crippen molar-refractivity contribution in [2.45, 2.75) is 31.4 Å². The summed E-state index contributed by atoms with van der Waals surface area (Å²) in [5.41, 5.74) is 5.59. The standard InChI is InChI=1S/C10H16N2O2/c1-2-4-9(11)10(14)12-6-3-5-8(13)7-12/h1,8-9,13H,3-7,11H2. The predicted molar refractivity (Wildman–Crippen MR) is 53.2 cm³/mol. The molecule has 4 nitrogen and oxygen atoms in total. The molecule has 78 valence electrons. The summed E-state index contributed by atoms with van der Waals surface area (Å²) in [7, 11) is 0. The average molecular weight is 196 g/mol. The fraction of sp³-hybridized carbons (Fsp3) is 0.700. The lowest BCUT2D eigenvalue weighted by Crippen LogP contribution is -2.49. The number of aliphatic hydroxyl groups excluding tert-OH is 1. The third-order valence-electron chi connectivity index (χ3n) is 2.36. The van der Waals surface area contributed by atoms with E-state index >= 15 is 0 Å². The fourth-order valence-electron chi connectivity index (χ4n) is 1.60. The van der Waals surface area contributed by atoms with Crippen molar-refractivity contribution < 1.29 is 9.90 Å². The second-order valence-electron chi connectivity index (χ2n) is 3.60. The van der Waals surface area contributed by atoms with Crippen molar-refractivity contribution in [3.63, 3.8) is 0 Å². The van der Waals surface area contributed by atoms with Gasteiger partial charge in [-0.3, -0.25) is 4.79 Å². The highest BCUT2D eigenvalue weighted by molar-refractivity contribution is 5.82. The third-order valence-corrected chi connectivity index (χ3v) is 2.36. The van der Waals surface area contributed by atoms with E-state index in [1.807, 2.05) is 0 Å². The summed E-state index contributed by atoms with van der Waals surface area (Å²) in [5, 5.41) is 9.37. The first kappa shape index (κ1) is 11.0. The SMILES string of the molecule is C#CCC(N)C(=O)N1CCCC(O)C1. The normalized spacial score (nSPS) is 24.1. The van der Waals surface area contributed by atoms with Gasteiger partial charge in [0.1, 0.15) is 0 Å². The number of carbonyl (C=O) groups excluding carboxylic acids is 1. The van der Waals surface area contributed by atoms with Crippen molar-refractivity contribution in [1.82, 2.24) is 4.90 Å². The molecule has 2 unspecified atom stereocenters. The van der Waals surface area contributed by atoms with Gasteiger partial charge in [-0.15, -0.1) is 12.3 Å². The van der Waals surface area contributed by atoms with Crippen LogP contribution >= 0.6 is 0 Å². The molecule has 1 fully saturated rings. The first-order valence-corrected chi connectivity index (χ1v) is 4.81. The number of likely N-dealkylation sites (tertiary alicyclic amines) is 1.